The average Bonchev–Trinajstić information content (AvgIpc) is 2.14. The first kappa shape index (κ1) is 9.96. The molecule has 0 atom stereocenters. The number of ether oxygens (including phenoxy) is 1. The number of rotatable bonds is 5. The molecule has 72 valence electrons. The van der Waals surface area contributed by atoms with Gasteiger partial charge in [0, 0.05) is 6.54 Å². The van der Waals surface area contributed by atoms with Crippen molar-refractivity contribution in [2.45, 2.75) is 25.9 Å². The Kier molecular flexibility index (Phi) is 5.32. The molecule has 1 heterocycles. The fourth-order valence-corrected chi connectivity index (χ4v) is 1.44. The first-order valence-electron chi connectivity index (χ1n) is 4.96. The van der Waals surface area contributed by atoms with Crippen LogP contribution in [-0.4, -0.2) is 38.9 Å². The molecule has 0 radical (unpaired) electrons. The third kappa shape index (κ3) is 4.04. The maximum absolute atomic E-state index is 5.68. The summed E-state index contributed by atoms with van der Waals surface area (Å²) >= 11 is 0. The molecule has 12 heavy (non-hydrogen) atoms. The van der Waals surface area contributed by atoms with E-state index < -0.39 is 0 Å². The van der Waals surface area contributed by atoms with Crippen molar-refractivity contribution in [3.63, 3.8) is 0 Å². The van der Waals surface area contributed by atoms with Gasteiger partial charge in [-0.25, -0.2) is 0 Å². The maximum Gasteiger partial charge on any atom is 0.0600 e. The van der Waals surface area contributed by atoms with Crippen molar-refractivity contribution in [3.05, 3.63) is 0 Å². The van der Waals surface area contributed by atoms with E-state index in [1.165, 1.54) is 12.8 Å². The van der Waals surface area contributed by atoms with Gasteiger partial charge in [-0.15, -0.1) is 0 Å². The topological polar surface area (TPSA) is 33.3 Å². The van der Waals surface area contributed by atoms with Crippen molar-refractivity contribution in [3.8, 4) is 0 Å². The maximum atomic E-state index is 5.68. The van der Waals surface area contributed by atoms with Gasteiger partial charge in [0.05, 0.1) is 12.7 Å². The fourth-order valence-electron chi connectivity index (χ4n) is 1.44. The average molecular weight is 172 g/mol. The van der Waals surface area contributed by atoms with Crippen LogP contribution in [0.4, 0.5) is 0 Å². The van der Waals surface area contributed by atoms with Crippen molar-refractivity contribution < 1.29 is 4.74 Å². The summed E-state index contributed by atoms with van der Waals surface area (Å²) in [5, 5.41) is 6.57. The molecule has 2 N–H and O–H groups in total. The molecule has 1 aliphatic heterocycles. The predicted molar refractivity (Wildman–Crippen MR) is 50.4 cm³/mol. The van der Waals surface area contributed by atoms with Crippen LogP contribution >= 0.6 is 0 Å². The second kappa shape index (κ2) is 6.40. The Balaban J connectivity index is 1.91. The van der Waals surface area contributed by atoms with Gasteiger partial charge in [0.25, 0.3) is 0 Å². The van der Waals surface area contributed by atoms with Crippen LogP contribution in [0.2, 0.25) is 0 Å². The van der Waals surface area contributed by atoms with E-state index in [1.807, 2.05) is 0 Å². The standard InChI is InChI=1S/C9H20N2O/c1-2-10-7-8-12-9-3-5-11-6-4-9/h9-11H,2-8H2,1H3. The summed E-state index contributed by atoms with van der Waals surface area (Å²) in [7, 11) is 0. The quantitative estimate of drug-likeness (QED) is 0.588. The molecule has 3 nitrogen and oxygen atoms in total. The van der Waals surface area contributed by atoms with Gasteiger partial charge in [0.15, 0.2) is 0 Å². The Labute approximate surface area is 74.9 Å². The van der Waals surface area contributed by atoms with Crippen molar-refractivity contribution in [2.75, 3.05) is 32.8 Å². The van der Waals surface area contributed by atoms with E-state index in [4.69, 9.17) is 4.74 Å². The highest BCUT2D eigenvalue weighted by Gasteiger charge is 2.12. The smallest absolute Gasteiger partial charge is 0.0600 e. The highest BCUT2D eigenvalue weighted by Crippen LogP contribution is 2.05. The van der Waals surface area contributed by atoms with Crippen LogP contribution in [0.25, 0.3) is 0 Å². The minimum Gasteiger partial charge on any atom is -0.377 e. The Hall–Kier alpha value is -0.120. The lowest BCUT2D eigenvalue weighted by atomic mass is 10.1. The van der Waals surface area contributed by atoms with E-state index in [1.54, 1.807) is 0 Å². The van der Waals surface area contributed by atoms with Crippen molar-refractivity contribution >= 4 is 0 Å². The van der Waals surface area contributed by atoms with E-state index in [-0.39, 0.29) is 0 Å². The molecule has 0 spiro atoms. The lowest BCUT2D eigenvalue weighted by Crippen LogP contribution is -2.33. The summed E-state index contributed by atoms with van der Waals surface area (Å²) in [6.07, 6.45) is 2.85. The number of piperidine rings is 1. The Morgan fingerprint density at radius 2 is 2.17 bits per heavy atom. The second-order valence-corrected chi connectivity index (χ2v) is 3.17. The summed E-state index contributed by atoms with van der Waals surface area (Å²) in [6.45, 7) is 7.23. The molecular weight excluding hydrogens is 152 g/mol. The zero-order chi connectivity index (χ0) is 8.65. The zero-order valence-electron chi connectivity index (χ0n) is 7.94. The van der Waals surface area contributed by atoms with E-state index in [2.05, 4.69) is 17.6 Å². The Morgan fingerprint density at radius 3 is 2.83 bits per heavy atom. The molecular formula is C9H20N2O. The van der Waals surface area contributed by atoms with Crippen molar-refractivity contribution in [1.82, 2.24) is 10.6 Å². The molecule has 0 aliphatic carbocycles. The molecule has 1 fully saturated rings. The number of hydrogen-bond acceptors (Lipinski definition) is 3. The first-order valence-corrected chi connectivity index (χ1v) is 4.96. The molecule has 1 saturated heterocycles. The van der Waals surface area contributed by atoms with Gasteiger partial charge < -0.3 is 15.4 Å². The number of hydrogen-bond donors (Lipinski definition) is 2. The van der Waals surface area contributed by atoms with Gasteiger partial charge in [-0.05, 0) is 32.5 Å². The highest BCUT2D eigenvalue weighted by molar-refractivity contribution is 4.68. The van der Waals surface area contributed by atoms with Gasteiger partial charge in [0.2, 0.25) is 0 Å². The summed E-state index contributed by atoms with van der Waals surface area (Å²) < 4.78 is 5.68. The van der Waals surface area contributed by atoms with E-state index in [9.17, 15) is 0 Å². The normalized spacial score (nSPS) is 19.8. The van der Waals surface area contributed by atoms with Crippen LogP contribution in [0.3, 0.4) is 0 Å². The fraction of sp³-hybridized carbons (Fsp3) is 1.00. The van der Waals surface area contributed by atoms with Crippen LogP contribution in [0.15, 0.2) is 0 Å². The molecule has 0 bridgehead atoms. The summed E-state index contributed by atoms with van der Waals surface area (Å²) in [6, 6.07) is 0. The van der Waals surface area contributed by atoms with Gasteiger partial charge >= 0.3 is 0 Å². The van der Waals surface area contributed by atoms with Crippen LogP contribution in [0.5, 0.6) is 0 Å². The minimum atomic E-state index is 0.505. The molecule has 0 aromatic rings. The van der Waals surface area contributed by atoms with Crippen molar-refractivity contribution in [1.29, 1.82) is 0 Å². The monoisotopic (exact) mass is 172 g/mol. The van der Waals surface area contributed by atoms with Gasteiger partial charge in [-0.2, -0.15) is 0 Å². The summed E-state index contributed by atoms with van der Waals surface area (Å²) in [5.41, 5.74) is 0. The van der Waals surface area contributed by atoms with Crippen LogP contribution in [-0.2, 0) is 4.74 Å². The molecule has 3 heteroatoms. The first-order chi connectivity index (χ1) is 5.93. The van der Waals surface area contributed by atoms with E-state index >= 15 is 0 Å². The lowest BCUT2D eigenvalue weighted by molar-refractivity contribution is 0.0350. The lowest BCUT2D eigenvalue weighted by Gasteiger charge is -2.22. The molecule has 1 rings (SSSR count). The predicted octanol–water partition coefficient (Wildman–Crippen LogP) is 0.364. The van der Waals surface area contributed by atoms with Gasteiger partial charge in [0.1, 0.15) is 0 Å². The van der Waals surface area contributed by atoms with Gasteiger partial charge in [-0.1, -0.05) is 6.92 Å². The third-order valence-electron chi connectivity index (χ3n) is 2.17. The second-order valence-electron chi connectivity index (χ2n) is 3.17. The summed E-state index contributed by atoms with van der Waals surface area (Å²) in [5.74, 6) is 0. The largest absolute Gasteiger partial charge is 0.377 e. The van der Waals surface area contributed by atoms with Crippen LogP contribution < -0.4 is 10.6 Å². The molecule has 0 amide bonds. The third-order valence-corrected chi connectivity index (χ3v) is 2.17. The molecule has 1 aliphatic rings. The SMILES string of the molecule is CCNCCOC1CCNCC1. The van der Waals surface area contributed by atoms with E-state index in [0.29, 0.717) is 6.10 Å². The molecule has 0 unspecified atom stereocenters. The van der Waals surface area contributed by atoms with Crippen molar-refractivity contribution in [2.24, 2.45) is 0 Å². The highest BCUT2D eigenvalue weighted by atomic mass is 16.5. The summed E-state index contributed by atoms with van der Waals surface area (Å²) in [4.78, 5) is 0. The Bertz CT molecular complexity index is 103. The van der Waals surface area contributed by atoms with E-state index in [0.717, 1.165) is 32.8 Å². The Morgan fingerprint density at radius 1 is 1.42 bits per heavy atom. The molecule has 0 aromatic heterocycles. The van der Waals surface area contributed by atoms with Gasteiger partial charge in [-0.3, -0.25) is 0 Å². The number of nitrogens with one attached hydrogen (secondary N) is 2. The van der Waals surface area contributed by atoms with Crippen LogP contribution in [0.1, 0.15) is 19.8 Å². The molecule has 0 saturated carbocycles. The zero-order valence-corrected chi connectivity index (χ0v) is 7.94. The minimum absolute atomic E-state index is 0.505. The molecule has 0 aromatic carbocycles. The number of likely N-dealkylation sites (N-methyl/N-ethyl adjacent to an activating group) is 1. The van der Waals surface area contributed by atoms with Crippen LogP contribution in [0, 0.1) is 0 Å².